The Kier molecular flexibility index (Phi) is 3.84. The van der Waals surface area contributed by atoms with Gasteiger partial charge in [0.1, 0.15) is 0 Å². The van der Waals surface area contributed by atoms with Crippen molar-refractivity contribution in [3.05, 3.63) is 27.8 Å². The maximum Gasteiger partial charge on any atom is 0.330 e. The minimum atomic E-state index is -2.68. The van der Waals surface area contributed by atoms with E-state index < -0.39 is 17.3 Å². The Morgan fingerprint density at radius 2 is 1.93 bits per heavy atom. The summed E-state index contributed by atoms with van der Waals surface area (Å²) in [6.07, 6.45) is 0. The van der Waals surface area contributed by atoms with E-state index in [-0.39, 0.29) is 5.69 Å². The zero-order valence-corrected chi connectivity index (χ0v) is 9.82. The molecule has 2 amide bonds. The van der Waals surface area contributed by atoms with E-state index in [1.807, 2.05) is 0 Å². The van der Waals surface area contributed by atoms with Crippen molar-refractivity contribution in [1.82, 2.24) is 0 Å². The van der Waals surface area contributed by atoms with Crippen molar-refractivity contribution in [2.24, 2.45) is 5.73 Å². The van der Waals surface area contributed by atoms with Crippen LogP contribution >= 0.6 is 22.6 Å². The number of carbonyl (C=O) groups is 1. The Morgan fingerprint density at radius 3 is 2.29 bits per heavy atom. The molecule has 14 heavy (non-hydrogen) atoms. The van der Waals surface area contributed by atoms with E-state index >= 15 is 0 Å². The van der Waals surface area contributed by atoms with Crippen LogP contribution in [0, 0.1) is 3.57 Å². The minimum Gasteiger partial charge on any atom is -0.755 e. The van der Waals surface area contributed by atoms with Crippen LogP contribution in [0.25, 0.3) is 0 Å². The first-order valence-electron chi connectivity index (χ1n) is 3.47. The zero-order valence-electron chi connectivity index (χ0n) is 6.84. The van der Waals surface area contributed by atoms with Gasteiger partial charge in [0.25, 0.3) is 0 Å². The molecular weight excluding hydrogens is 319 g/mol. The van der Waals surface area contributed by atoms with Crippen LogP contribution in [-0.2, 0) is 11.3 Å². The van der Waals surface area contributed by atoms with Gasteiger partial charge in [-0.25, -0.2) is 9.10 Å². The molecule has 0 saturated heterocycles. The van der Waals surface area contributed by atoms with Gasteiger partial charge in [0.2, 0.25) is 0 Å². The summed E-state index contributed by atoms with van der Waals surface area (Å²) in [6.45, 7) is 0. The van der Waals surface area contributed by atoms with E-state index in [2.05, 4.69) is 22.6 Å². The van der Waals surface area contributed by atoms with Crippen LogP contribution < -0.4 is 10.0 Å². The Bertz CT molecular complexity index is 354. The van der Waals surface area contributed by atoms with Crippen LogP contribution in [0.2, 0.25) is 0 Å². The molecule has 0 saturated carbocycles. The van der Waals surface area contributed by atoms with Crippen LogP contribution in [-0.4, -0.2) is 14.8 Å². The summed E-state index contributed by atoms with van der Waals surface area (Å²) >= 11 is -0.619. The van der Waals surface area contributed by atoms with Crippen LogP contribution in [0.4, 0.5) is 10.5 Å². The molecule has 0 radical (unpaired) electrons. The number of hydrogen-bond acceptors (Lipinski definition) is 3. The summed E-state index contributed by atoms with van der Waals surface area (Å²) in [5.74, 6) is 0. The molecule has 1 aromatic carbocycles. The second-order valence-corrected chi connectivity index (χ2v) is 4.37. The third-order valence-electron chi connectivity index (χ3n) is 1.41. The first-order valence-corrected chi connectivity index (χ1v) is 5.58. The molecule has 0 fully saturated rings. The summed E-state index contributed by atoms with van der Waals surface area (Å²) in [5.41, 5.74) is 5.13. The van der Waals surface area contributed by atoms with Crippen molar-refractivity contribution in [2.75, 3.05) is 4.31 Å². The van der Waals surface area contributed by atoms with Crippen LogP contribution in [0.3, 0.4) is 0 Å². The van der Waals surface area contributed by atoms with Crippen LogP contribution in [0.15, 0.2) is 24.3 Å². The van der Waals surface area contributed by atoms with Gasteiger partial charge in [0.15, 0.2) is 0 Å². The van der Waals surface area contributed by atoms with E-state index in [9.17, 15) is 13.6 Å². The summed E-state index contributed by atoms with van der Waals surface area (Å²) in [5, 5.41) is 0. The third-order valence-corrected chi connectivity index (χ3v) is 2.82. The highest BCUT2D eigenvalue weighted by Gasteiger charge is 2.12. The van der Waals surface area contributed by atoms with Crippen LogP contribution in [0.1, 0.15) is 0 Å². The Labute approximate surface area is 96.8 Å². The number of nitrogens with two attached hydrogens (primary N) is 1. The maximum absolute atomic E-state index is 10.8. The van der Waals surface area contributed by atoms with Gasteiger partial charge in [-0.15, -0.1) is 0 Å². The SMILES string of the molecule is NC(=O)N(c1ccc(I)cc1)S(=O)[O-]. The zero-order chi connectivity index (χ0) is 10.7. The van der Waals surface area contributed by atoms with Crippen LogP contribution in [0.5, 0.6) is 0 Å². The lowest BCUT2D eigenvalue weighted by atomic mass is 10.3. The molecule has 0 bridgehead atoms. The first kappa shape index (κ1) is 11.4. The fourth-order valence-corrected chi connectivity index (χ4v) is 1.66. The maximum atomic E-state index is 10.8. The Hall–Kier alpha value is -0.670. The van der Waals surface area contributed by atoms with E-state index in [1.54, 1.807) is 12.1 Å². The number of rotatable bonds is 2. The largest absolute Gasteiger partial charge is 0.755 e. The highest BCUT2D eigenvalue weighted by molar-refractivity contribution is 14.1. The van der Waals surface area contributed by atoms with Gasteiger partial charge in [-0.1, -0.05) is 0 Å². The normalized spacial score (nSPS) is 12.1. The standard InChI is InChI=1S/C7H7IN2O3S/c8-5-1-3-6(4-2-5)10(7(9)11)14(12)13/h1-4H,(H2,9,11)(H,12,13)/p-1. The van der Waals surface area contributed by atoms with Crippen molar-refractivity contribution >= 4 is 45.6 Å². The molecule has 1 rings (SSSR count). The van der Waals surface area contributed by atoms with Gasteiger partial charge in [0.05, 0.1) is 17.0 Å². The van der Waals surface area contributed by atoms with E-state index in [4.69, 9.17) is 5.73 Å². The van der Waals surface area contributed by atoms with Crippen molar-refractivity contribution < 1.29 is 13.6 Å². The fourth-order valence-electron chi connectivity index (χ4n) is 0.863. The number of amides is 2. The number of hydrogen-bond donors (Lipinski definition) is 1. The predicted octanol–water partition coefficient (Wildman–Crippen LogP) is 0.970. The number of urea groups is 1. The van der Waals surface area contributed by atoms with Crippen molar-refractivity contribution in [3.63, 3.8) is 0 Å². The van der Waals surface area contributed by atoms with Gasteiger partial charge in [-0.3, -0.25) is 4.21 Å². The number of benzene rings is 1. The van der Waals surface area contributed by atoms with Gasteiger partial charge >= 0.3 is 6.03 Å². The second kappa shape index (κ2) is 4.71. The molecule has 1 unspecified atom stereocenters. The quantitative estimate of drug-likeness (QED) is 0.649. The monoisotopic (exact) mass is 325 g/mol. The van der Waals surface area contributed by atoms with Gasteiger partial charge in [-0.05, 0) is 46.9 Å². The van der Waals surface area contributed by atoms with Gasteiger partial charge in [0, 0.05) is 3.57 Å². The smallest absolute Gasteiger partial charge is 0.330 e. The molecule has 7 heteroatoms. The fraction of sp³-hybridized carbons (Fsp3) is 0. The lowest BCUT2D eigenvalue weighted by Crippen LogP contribution is -2.37. The third kappa shape index (κ3) is 2.66. The molecular formula is C7H6IN2O3S-. The van der Waals surface area contributed by atoms with Crippen molar-refractivity contribution in [1.29, 1.82) is 0 Å². The summed E-state index contributed by atoms with van der Waals surface area (Å²) < 4.78 is 22.7. The molecule has 0 aliphatic rings. The lowest BCUT2D eigenvalue weighted by Gasteiger charge is -2.21. The van der Waals surface area contributed by atoms with E-state index in [1.165, 1.54) is 12.1 Å². The molecule has 76 valence electrons. The number of anilines is 1. The molecule has 1 aromatic rings. The summed E-state index contributed by atoms with van der Waals surface area (Å²) in [7, 11) is 0. The molecule has 0 aliphatic heterocycles. The van der Waals surface area contributed by atoms with Gasteiger partial charge in [-0.2, -0.15) is 0 Å². The molecule has 0 aromatic heterocycles. The lowest BCUT2D eigenvalue weighted by molar-refractivity contribution is 0.256. The second-order valence-electron chi connectivity index (χ2n) is 2.33. The minimum absolute atomic E-state index is 0.228. The number of carbonyl (C=O) groups excluding carboxylic acids is 1. The summed E-state index contributed by atoms with van der Waals surface area (Å²) in [4.78, 5) is 10.8. The number of nitrogens with zero attached hydrogens (tertiary/aromatic N) is 1. The molecule has 0 spiro atoms. The Balaban J connectivity index is 3.06. The first-order chi connectivity index (χ1) is 6.52. The molecule has 5 nitrogen and oxygen atoms in total. The molecule has 0 aliphatic carbocycles. The van der Waals surface area contributed by atoms with E-state index in [0.717, 1.165) is 3.57 Å². The van der Waals surface area contributed by atoms with Crippen molar-refractivity contribution in [2.45, 2.75) is 0 Å². The molecule has 1 atom stereocenters. The number of primary amides is 1. The topological polar surface area (TPSA) is 86.5 Å². The van der Waals surface area contributed by atoms with Gasteiger partial charge < -0.3 is 10.3 Å². The Morgan fingerprint density at radius 1 is 1.43 bits per heavy atom. The molecule has 2 N–H and O–H groups in total. The van der Waals surface area contributed by atoms with E-state index in [0.29, 0.717) is 4.31 Å². The predicted molar refractivity (Wildman–Crippen MR) is 60.1 cm³/mol. The highest BCUT2D eigenvalue weighted by Crippen LogP contribution is 2.17. The highest BCUT2D eigenvalue weighted by atomic mass is 127. The summed E-state index contributed by atoms with van der Waals surface area (Å²) in [6, 6.07) is 5.33. The van der Waals surface area contributed by atoms with Crippen molar-refractivity contribution in [3.8, 4) is 0 Å². The average Bonchev–Trinajstić information content (AvgIpc) is 2.07. The molecule has 0 heterocycles. The number of halogens is 1. The average molecular weight is 325 g/mol.